The van der Waals surface area contributed by atoms with Crippen molar-refractivity contribution in [3.05, 3.63) is 94.0 Å². The highest BCUT2D eigenvalue weighted by atomic mass is 16.5. The van der Waals surface area contributed by atoms with Crippen molar-refractivity contribution in [3.8, 4) is 11.1 Å². The Balaban J connectivity index is 1.32. The molecule has 0 spiro atoms. The van der Waals surface area contributed by atoms with Crippen LogP contribution in [-0.4, -0.2) is 34.9 Å². The molecule has 0 radical (unpaired) electrons. The molecule has 0 aromatic heterocycles. The molecule has 5 rings (SSSR count). The fourth-order valence-corrected chi connectivity index (χ4v) is 4.94. The van der Waals surface area contributed by atoms with Crippen LogP contribution in [0.1, 0.15) is 61.4 Å². The fourth-order valence-electron chi connectivity index (χ4n) is 4.94. The number of carboxylic acid groups (broad SMARTS) is 2. The number of rotatable bonds is 5. The van der Waals surface area contributed by atoms with Gasteiger partial charge in [0.2, 0.25) is 0 Å². The first kappa shape index (κ1) is 20.8. The van der Waals surface area contributed by atoms with Crippen LogP contribution in [0.25, 0.3) is 11.1 Å². The summed E-state index contributed by atoms with van der Waals surface area (Å²) in [6.07, 6.45) is 0.500. The Hall–Kier alpha value is -4.13. The largest absolute Gasteiger partial charge is 0.478 e. The van der Waals surface area contributed by atoms with E-state index in [0.29, 0.717) is 18.4 Å². The molecule has 0 aliphatic heterocycles. The highest BCUT2D eigenvalue weighted by Crippen LogP contribution is 2.44. The second-order valence-corrected chi connectivity index (χ2v) is 8.27. The predicted molar refractivity (Wildman–Crippen MR) is 120 cm³/mol. The average Bonchev–Trinajstić information content (AvgIpc) is 3.35. The van der Waals surface area contributed by atoms with Crippen molar-refractivity contribution < 1.29 is 29.3 Å². The Labute approximate surface area is 189 Å². The monoisotopic (exact) mass is 443 g/mol. The van der Waals surface area contributed by atoms with Gasteiger partial charge in [0, 0.05) is 5.92 Å². The Bertz CT molecular complexity index is 1250. The van der Waals surface area contributed by atoms with Crippen LogP contribution in [0, 0.1) is 0 Å². The van der Waals surface area contributed by atoms with Crippen molar-refractivity contribution >= 4 is 18.0 Å². The molecule has 0 bridgehead atoms. The van der Waals surface area contributed by atoms with Gasteiger partial charge >= 0.3 is 18.0 Å². The number of fused-ring (bicyclic) bond motifs is 4. The Morgan fingerprint density at radius 3 is 2.03 bits per heavy atom. The van der Waals surface area contributed by atoms with Crippen LogP contribution in [0.15, 0.2) is 60.7 Å². The molecule has 3 aromatic carbocycles. The maximum atomic E-state index is 12.6. The van der Waals surface area contributed by atoms with E-state index in [4.69, 9.17) is 4.74 Å². The van der Waals surface area contributed by atoms with Crippen LogP contribution in [0.5, 0.6) is 0 Å². The molecular formula is C26H21NO6. The van der Waals surface area contributed by atoms with Crippen LogP contribution >= 0.6 is 0 Å². The number of carboxylic acids is 2. The smallest absolute Gasteiger partial charge is 0.407 e. The number of carbonyl (C=O) groups excluding carboxylic acids is 1. The zero-order valence-corrected chi connectivity index (χ0v) is 17.6. The summed E-state index contributed by atoms with van der Waals surface area (Å²) in [7, 11) is 0. The number of hydrogen-bond donors (Lipinski definition) is 3. The van der Waals surface area contributed by atoms with Crippen LogP contribution in [0.2, 0.25) is 0 Å². The molecular weight excluding hydrogens is 422 g/mol. The predicted octanol–water partition coefficient (Wildman–Crippen LogP) is 4.61. The van der Waals surface area contributed by atoms with Crippen LogP contribution in [-0.2, 0) is 11.2 Å². The molecule has 0 saturated heterocycles. The normalized spacial score (nSPS) is 15.9. The SMILES string of the molecule is O=C(NC1CCc2cc(C(=O)O)c(C(=O)O)cc21)OCC1c2ccccc2-c2ccccc21. The van der Waals surface area contributed by atoms with E-state index in [2.05, 4.69) is 17.4 Å². The summed E-state index contributed by atoms with van der Waals surface area (Å²) >= 11 is 0. The van der Waals surface area contributed by atoms with Gasteiger partial charge in [-0.1, -0.05) is 48.5 Å². The van der Waals surface area contributed by atoms with Crippen molar-refractivity contribution in [1.82, 2.24) is 5.32 Å². The van der Waals surface area contributed by atoms with Gasteiger partial charge in [-0.25, -0.2) is 14.4 Å². The third kappa shape index (κ3) is 3.61. The van der Waals surface area contributed by atoms with E-state index in [1.807, 2.05) is 36.4 Å². The number of aromatic carboxylic acids is 2. The number of nitrogens with one attached hydrogen (secondary N) is 1. The lowest BCUT2D eigenvalue weighted by Gasteiger charge is -2.18. The van der Waals surface area contributed by atoms with Crippen molar-refractivity contribution in [2.75, 3.05) is 6.61 Å². The van der Waals surface area contributed by atoms with E-state index < -0.39 is 24.1 Å². The molecule has 0 heterocycles. The molecule has 1 amide bonds. The van der Waals surface area contributed by atoms with Gasteiger partial charge in [-0.15, -0.1) is 0 Å². The first-order valence-corrected chi connectivity index (χ1v) is 10.7. The third-order valence-electron chi connectivity index (χ3n) is 6.45. The number of carbonyl (C=O) groups is 3. The van der Waals surface area contributed by atoms with Gasteiger partial charge in [-0.05, 0) is 58.4 Å². The van der Waals surface area contributed by atoms with Gasteiger partial charge in [0.15, 0.2) is 0 Å². The minimum Gasteiger partial charge on any atom is -0.478 e. The number of alkyl carbamates (subject to hydrolysis) is 1. The summed E-state index contributed by atoms with van der Waals surface area (Å²) in [6.45, 7) is 0.178. The number of benzene rings is 3. The maximum Gasteiger partial charge on any atom is 0.407 e. The number of hydrogen-bond acceptors (Lipinski definition) is 4. The van der Waals surface area contributed by atoms with Crippen LogP contribution in [0.3, 0.4) is 0 Å². The Morgan fingerprint density at radius 1 is 0.848 bits per heavy atom. The first-order valence-electron chi connectivity index (χ1n) is 10.7. The van der Waals surface area contributed by atoms with Gasteiger partial charge < -0.3 is 20.3 Å². The van der Waals surface area contributed by atoms with Crippen LogP contribution < -0.4 is 5.32 Å². The topological polar surface area (TPSA) is 113 Å². The van der Waals surface area contributed by atoms with Gasteiger partial charge in [-0.3, -0.25) is 0 Å². The molecule has 166 valence electrons. The molecule has 1 unspecified atom stereocenters. The third-order valence-corrected chi connectivity index (χ3v) is 6.45. The molecule has 2 aliphatic rings. The lowest BCUT2D eigenvalue weighted by molar-refractivity contribution is 0.0651. The lowest BCUT2D eigenvalue weighted by Crippen LogP contribution is -2.29. The highest BCUT2D eigenvalue weighted by Gasteiger charge is 2.31. The zero-order valence-electron chi connectivity index (χ0n) is 17.6. The first-order chi connectivity index (χ1) is 15.9. The van der Waals surface area contributed by atoms with E-state index in [9.17, 15) is 24.6 Å². The molecule has 1 atom stereocenters. The molecule has 3 N–H and O–H groups in total. The summed E-state index contributed by atoms with van der Waals surface area (Å²) in [5.74, 6) is -2.67. The molecule has 7 heteroatoms. The summed E-state index contributed by atoms with van der Waals surface area (Å²) in [5.41, 5.74) is 5.32. The lowest BCUT2D eigenvalue weighted by atomic mass is 9.98. The zero-order chi connectivity index (χ0) is 23.1. The number of ether oxygens (including phenoxy) is 1. The number of amides is 1. The second-order valence-electron chi connectivity index (χ2n) is 8.27. The second kappa shape index (κ2) is 8.09. The van der Waals surface area contributed by atoms with E-state index in [0.717, 1.165) is 27.8 Å². The molecule has 0 saturated carbocycles. The molecule has 33 heavy (non-hydrogen) atoms. The van der Waals surface area contributed by atoms with E-state index in [1.165, 1.54) is 12.1 Å². The van der Waals surface area contributed by atoms with Gasteiger partial charge in [0.1, 0.15) is 6.61 Å². The molecule has 0 fully saturated rings. The van der Waals surface area contributed by atoms with Gasteiger partial charge in [0.05, 0.1) is 17.2 Å². The van der Waals surface area contributed by atoms with Crippen LogP contribution in [0.4, 0.5) is 4.79 Å². The Morgan fingerprint density at radius 2 is 1.42 bits per heavy atom. The Kier molecular flexibility index (Phi) is 5.09. The number of aryl methyl sites for hydroxylation is 1. The van der Waals surface area contributed by atoms with Crippen molar-refractivity contribution in [3.63, 3.8) is 0 Å². The summed E-state index contributed by atoms with van der Waals surface area (Å²) in [5, 5.41) is 21.5. The van der Waals surface area contributed by atoms with Gasteiger partial charge in [-0.2, -0.15) is 0 Å². The molecule has 3 aromatic rings. The summed E-state index contributed by atoms with van der Waals surface area (Å²) in [6, 6.07) is 18.4. The quantitative estimate of drug-likeness (QED) is 0.531. The maximum absolute atomic E-state index is 12.6. The summed E-state index contributed by atoms with van der Waals surface area (Å²) in [4.78, 5) is 35.6. The highest BCUT2D eigenvalue weighted by molar-refractivity contribution is 6.02. The minimum absolute atomic E-state index is 0.0595. The van der Waals surface area contributed by atoms with E-state index >= 15 is 0 Å². The van der Waals surface area contributed by atoms with E-state index in [1.54, 1.807) is 0 Å². The van der Waals surface area contributed by atoms with Crippen molar-refractivity contribution in [2.45, 2.75) is 24.8 Å². The fraction of sp³-hybridized carbons (Fsp3) is 0.192. The van der Waals surface area contributed by atoms with Crippen molar-refractivity contribution in [2.24, 2.45) is 0 Å². The molecule has 7 nitrogen and oxygen atoms in total. The average molecular weight is 443 g/mol. The standard InChI is InChI=1S/C26H21NO6/c28-24(29)20-11-14-9-10-23(19(14)12-21(20)25(30)31)27-26(32)33-13-22-17-7-3-1-5-15(17)16-6-2-4-8-18(16)22/h1-8,11-12,22-23H,9-10,13H2,(H,27,32)(H,28,29)(H,30,31). The van der Waals surface area contributed by atoms with E-state index in [-0.39, 0.29) is 23.7 Å². The minimum atomic E-state index is -1.32. The molecule has 2 aliphatic carbocycles. The summed E-state index contributed by atoms with van der Waals surface area (Å²) < 4.78 is 5.60. The van der Waals surface area contributed by atoms with Crippen molar-refractivity contribution in [1.29, 1.82) is 0 Å². The van der Waals surface area contributed by atoms with Gasteiger partial charge in [0.25, 0.3) is 0 Å².